The van der Waals surface area contributed by atoms with Crippen LogP contribution in [0.1, 0.15) is 36.3 Å². The molecule has 4 rings (SSSR count). The summed E-state index contributed by atoms with van der Waals surface area (Å²) in [6.07, 6.45) is 2.18. The SMILES string of the molecule is Cc1noc(C)c1S(=O)(=O)N1CC2CCCC(=O)N(Cc3ccccc3)C2C1. The molecule has 1 aromatic carbocycles. The molecule has 2 aromatic rings. The summed E-state index contributed by atoms with van der Waals surface area (Å²) in [5.41, 5.74) is 1.44. The van der Waals surface area contributed by atoms with E-state index in [1.54, 1.807) is 13.8 Å². The van der Waals surface area contributed by atoms with E-state index in [0.717, 1.165) is 18.4 Å². The molecule has 28 heavy (non-hydrogen) atoms. The van der Waals surface area contributed by atoms with Crippen LogP contribution in [0.5, 0.6) is 0 Å². The van der Waals surface area contributed by atoms with Gasteiger partial charge in [0.05, 0.1) is 0 Å². The number of aryl methyl sites for hydroxylation is 2. The van der Waals surface area contributed by atoms with Crippen LogP contribution in [0.2, 0.25) is 0 Å². The summed E-state index contributed by atoms with van der Waals surface area (Å²) in [7, 11) is -3.70. The number of aromatic nitrogens is 1. The van der Waals surface area contributed by atoms with Gasteiger partial charge in [-0.05, 0) is 38.2 Å². The van der Waals surface area contributed by atoms with Gasteiger partial charge in [-0.2, -0.15) is 4.31 Å². The molecular formula is C20H25N3O4S. The number of hydrogen-bond donors (Lipinski definition) is 0. The molecule has 1 aromatic heterocycles. The minimum atomic E-state index is -3.70. The Labute approximate surface area is 165 Å². The van der Waals surface area contributed by atoms with Gasteiger partial charge in [0.1, 0.15) is 10.6 Å². The first-order valence-corrected chi connectivity index (χ1v) is 11.1. The van der Waals surface area contributed by atoms with E-state index in [1.807, 2.05) is 35.2 Å². The molecule has 1 amide bonds. The van der Waals surface area contributed by atoms with Gasteiger partial charge in [-0.1, -0.05) is 35.5 Å². The van der Waals surface area contributed by atoms with Gasteiger partial charge >= 0.3 is 0 Å². The Balaban J connectivity index is 1.62. The normalized spacial score (nSPS) is 23.6. The van der Waals surface area contributed by atoms with Gasteiger partial charge in [-0.15, -0.1) is 0 Å². The highest BCUT2D eigenvalue weighted by atomic mass is 32.2. The molecule has 2 aliphatic heterocycles. The van der Waals surface area contributed by atoms with Crippen molar-refractivity contribution in [3.63, 3.8) is 0 Å². The van der Waals surface area contributed by atoms with Gasteiger partial charge in [-0.3, -0.25) is 4.79 Å². The van der Waals surface area contributed by atoms with Crippen LogP contribution >= 0.6 is 0 Å². The summed E-state index contributed by atoms with van der Waals surface area (Å²) in [4.78, 5) is 14.8. The van der Waals surface area contributed by atoms with E-state index < -0.39 is 10.0 Å². The average Bonchev–Trinajstić information content (AvgIpc) is 3.21. The third-order valence-corrected chi connectivity index (χ3v) is 7.90. The summed E-state index contributed by atoms with van der Waals surface area (Å²) in [6.45, 7) is 4.51. The van der Waals surface area contributed by atoms with Crippen molar-refractivity contribution in [2.45, 2.75) is 50.6 Å². The maximum Gasteiger partial charge on any atom is 0.248 e. The number of nitrogens with zero attached hydrogens (tertiary/aromatic N) is 3. The van der Waals surface area contributed by atoms with Crippen molar-refractivity contribution >= 4 is 15.9 Å². The lowest BCUT2D eigenvalue weighted by molar-refractivity contribution is -0.133. The first-order valence-electron chi connectivity index (χ1n) is 9.64. The fourth-order valence-electron chi connectivity index (χ4n) is 4.45. The Kier molecular flexibility index (Phi) is 5.01. The number of amides is 1. The molecule has 0 spiro atoms. The average molecular weight is 404 g/mol. The van der Waals surface area contributed by atoms with E-state index >= 15 is 0 Å². The first-order chi connectivity index (χ1) is 13.4. The lowest BCUT2D eigenvalue weighted by atomic mass is 9.98. The molecule has 8 heteroatoms. The zero-order valence-corrected chi connectivity index (χ0v) is 17.0. The number of hydrogen-bond acceptors (Lipinski definition) is 5. The number of sulfonamides is 1. The van der Waals surface area contributed by atoms with E-state index in [-0.39, 0.29) is 22.8 Å². The van der Waals surface area contributed by atoms with Crippen molar-refractivity contribution in [1.29, 1.82) is 0 Å². The lowest BCUT2D eigenvalue weighted by Crippen LogP contribution is -2.43. The van der Waals surface area contributed by atoms with Crippen LogP contribution in [0, 0.1) is 19.8 Å². The van der Waals surface area contributed by atoms with E-state index in [9.17, 15) is 13.2 Å². The number of benzene rings is 1. The molecule has 0 N–H and O–H groups in total. The minimum absolute atomic E-state index is 0.105. The molecule has 2 fully saturated rings. The summed E-state index contributed by atoms with van der Waals surface area (Å²) in [5.74, 6) is 0.556. The molecule has 0 bridgehead atoms. The number of fused-ring (bicyclic) bond motifs is 1. The van der Waals surface area contributed by atoms with Gasteiger partial charge in [0.2, 0.25) is 15.9 Å². The molecule has 2 saturated heterocycles. The molecule has 3 heterocycles. The topological polar surface area (TPSA) is 83.7 Å². The zero-order chi connectivity index (χ0) is 19.9. The van der Waals surface area contributed by atoms with Gasteiger partial charge < -0.3 is 9.42 Å². The Morgan fingerprint density at radius 2 is 1.93 bits per heavy atom. The fourth-order valence-corrected chi connectivity index (χ4v) is 6.26. The van der Waals surface area contributed by atoms with Gasteiger partial charge in [-0.25, -0.2) is 8.42 Å². The highest BCUT2D eigenvalue weighted by Crippen LogP contribution is 2.35. The monoisotopic (exact) mass is 403 g/mol. The summed E-state index contributed by atoms with van der Waals surface area (Å²) in [5, 5.41) is 3.80. The van der Waals surface area contributed by atoms with E-state index in [2.05, 4.69) is 5.16 Å². The number of likely N-dealkylation sites (tertiary alicyclic amines) is 1. The summed E-state index contributed by atoms with van der Waals surface area (Å²) < 4.78 is 33.1. The van der Waals surface area contributed by atoms with Crippen LogP contribution in [0.15, 0.2) is 39.8 Å². The Hall–Kier alpha value is -2.19. The minimum Gasteiger partial charge on any atom is -0.360 e. The number of rotatable bonds is 4. The van der Waals surface area contributed by atoms with Crippen molar-refractivity contribution in [3.05, 3.63) is 47.3 Å². The number of carbonyl (C=O) groups is 1. The van der Waals surface area contributed by atoms with Crippen LogP contribution in [0.3, 0.4) is 0 Å². The van der Waals surface area contributed by atoms with Crippen LogP contribution in [0.4, 0.5) is 0 Å². The van der Waals surface area contributed by atoms with E-state index in [1.165, 1.54) is 4.31 Å². The van der Waals surface area contributed by atoms with Crippen molar-refractivity contribution < 1.29 is 17.7 Å². The standard InChI is InChI=1S/C20H25N3O4S/c1-14-20(15(2)27-21-14)28(25,26)22-12-17-9-6-10-19(24)23(18(17)13-22)11-16-7-4-3-5-8-16/h3-5,7-8,17-18H,6,9-13H2,1-2H3. The summed E-state index contributed by atoms with van der Waals surface area (Å²) in [6, 6.07) is 9.76. The van der Waals surface area contributed by atoms with E-state index in [4.69, 9.17) is 4.52 Å². The second kappa shape index (κ2) is 7.33. The lowest BCUT2D eigenvalue weighted by Gasteiger charge is -2.30. The zero-order valence-electron chi connectivity index (χ0n) is 16.2. The molecule has 7 nitrogen and oxygen atoms in total. The molecule has 150 valence electrons. The highest BCUT2D eigenvalue weighted by molar-refractivity contribution is 7.89. The molecule has 0 radical (unpaired) electrons. The third kappa shape index (κ3) is 3.35. The van der Waals surface area contributed by atoms with Crippen molar-refractivity contribution in [3.8, 4) is 0 Å². The van der Waals surface area contributed by atoms with Crippen LogP contribution in [-0.4, -0.2) is 47.8 Å². The molecule has 0 aliphatic carbocycles. The fraction of sp³-hybridized carbons (Fsp3) is 0.500. The maximum atomic E-state index is 13.2. The van der Waals surface area contributed by atoms with Crippen molar-refractivity contribution in [2.75, 3.05) is 13.1 Å². The predicted octanol–water partition coefficient (Wildman–Crippen LogP) is 2.49. The summed E-state index contributed by atoms with van der Waals surface area (Å²) >= 11 is 0. The molecule has 0 saturated carbocycles. The third-order valence-electron chi connectivity index (χ3n) is 5.82. The van der Waals surface area contributed by atoms with E-state index in [0.29, 0.717) is 37.5 Å². The highest BCUT2D eigenvalue weighted by Gasteiger charge is 2.45. The van der Waals surface area contributed by atoms with Crippen LogP contribution in [0.25, 0.3) is 0 Å². The smallest absolute Gasteiger partial charge is 0.248 e. The second-order valence-electron chi connectivity index (χ2n) is 7.70. The molecule has 2 unspecified atom stereocenters. The Bertz CT molecular complexity index is 951. The van der Waals surface area contributed by atoms with Crippen molar-refractivity contribution in [2.24, 2.45) is 5.92 Å². The number of carbonyl (C=O) groups excluding carboxylic acids is 1. The van der Waals surface area contributed by atoms with Gasteiger partial charge in [0.15, 0.2) is 5.76 Å². The van der Waals surface area contributed by atoms with Gasteiger partial charge in [0.25, 0.3) is 0 Å². The van der Waals surface area contributed by atoms with Crippen molar-refractivity contribution in [1.82, 2.24) is 14.4 Å². The Morgan fingerprint density at radius 3 is 2.61 bits per heavy atom. The second-order valence-corrected chi connectivity index (χ2v) is 9.58. The Morgan fingerprint density at radius 1 is 1.18 bits per heavy atom. The molecule has 2 atom stereocenters. The quantitative estimate of drug-likeness (QED) is 0.783. The predicted molar refractivity (Wildman–Crippen MR) is 103 cm³/mol. The molecular weight excluding hydrogens is 378 g/mol. The van der Waals surface area contributed by atoms with Crippen LogP contribution < -0.4 is 0 Å². The first kappa shape index (κ1) is 19.1. The molecule has 2 aliphatic rings. The van der Waals surface area contributed by atoms with Crippen LogP contribution in [-0.2, 0) is 21.4 Å². The maximum absolute atomic E-state index is 13.2. The van der Waals surface area contributed by atoms with Gasteiger partial charge in [0, 0.05) is 32.1 Å². The largest absolute Gasteiger partial charge is 0.360 e.